The number of nitrogens with two attached hydrogens (primary N) is 1. The van der Waals surface area contributed by atoms with E-state index in [0.29, 0.717) is 17.6 Å². The maximum atomic E-state index is 9.13. The fraction of sp³-hybridized carbons (Fsp3) is 0.556. The third-order valence-electron chi connectivity index (χ3n) is 2.12. The quantitative estimate of drug-likeness (QED) is 0.410. The molecule has 0 saturated heterocycles. The first kappa shape index (κ1) is 11.7. The van der Waals surface area contributed by atoms with Gasteiger partial charge in [-0.25, -0.2) is 10.8 Å². The van der Waals surface area contributed by atoms with E-state index in [1.807, 2.05) is 13.8 Å². The fourth-order valence-corrected chi connectivity index (χ4v) is 1.12. The van der Waals surface area contributed by atoms with E-state index in [2.05, 4.69) is 20.7 Å². The molecule has 1 aromatic rings. The maximum absolute atomic E-state index is 9.13. The summed E-state index contributed by atoms with van der Waals surface area (Å²) in [5.41, 5.74) is 2.41. The number of aromatic nitrogens is 2. The van der Waals surface area contributed by atoms with Gasteiger partial charge in [0.1, 0.15) is 5.82 Å². The van der Waals surface area contributed by atoms with Gasteiger partial charge < -0.3 is 15.8 Å². The van der Waals surface area contributed by atoms with E-state index >= 15 is 0 Å². The standard InChI is InChI=1S/C9H17N5O/c1-6(2)7(5-15)12-8-3-11-4-9(13-8)14-10/h3-4,6-7,15H,5,10H2,1-2H3,(H2,12,13,14)/t7-/m1/s1. The molecule has 0 spiro atoms. The van der Waals surface area contributed by atoms with Gasteiger partial charge >= 0.3 is 0 Å². The number of aliphatic hydroxyl groups is 1. The van der Waals surface area contributed by atoms with Crippen molar-refractivity contribution in [3.05, 3.63) is 12.4 Å². The molecule has 1 heterocycles. The Bertz CT molecular complexity index is 304. The lowest BCUT2D eigenvalue weighted by atomic mass is 10.1. The van der Waals surface area contributed by atoms with Gasteiger partial charge in [-0.1, -0.05) is 13.8 Å². The molecule has 0 fully saturated rings. The predicted molar refractivity (Wildman–Crippen MR) is 59.2 cm³/mol. The first-order chi connectivity index (χ1) is 7.17. The summed E-state index contributed by atoms with van der Waals surface area (Å²) in [6, 6.07) is -0.0349. The van der Waals surface area contributed by atoms with Gasteiger partial charge in [-0.2, -0.15) is 0 Å². The molecule has 0 unspecified atom stereocenters. The first-order valence-electron chi connectivity index (χ1n) is 4.83. The molecule has 0 radical (unpaired) electrons. The first-order valence-corrected chi connectivity index (χ1v) is 4.83. The summed E-state index contributed by atoms with van der Waals surface area (Å²) < 4.78 is 0. The zero-order valence-electron chi connectivity index (χ0n) is 8.94. The molecule has 1 atom stereocenters. The van der Waals surface area contributed by atoms with Crippen LogP contribution in [0.4, 0.5) is 11.6 Å². The number of rotatable bonds is 5. The van der Waals surface area contributed by atoms with E-state index in [9.17, 15) is 0 Å². The second-order valence-corrected chi connectivity index (χ2v) is 3.61. The van der Waals surface area contributed by atoms with Gasteiger partial charge in [-0.3, -0.25) is 4.98 Å². The number of nitrogens with one attached hydrogen (secondary N) is 2. The molecular formula is C9H17N5O. The molecule has 15 heavy (non-hydrogen) atoms. The Labute approximate surface area is 88.9 Å². The van der Waals surface area contributed by atoms with E-state index in [1.54, 1.807) is 6.20 Å². The Morgan fingerprint density at radius 2 is 2.07 bits per heavy atom. The van der Waals surface area contributed by atoms with Gasteiger partial charge in [0.05, 0.1) is 25.0 Å². The van der Waals surface area contributed by atoms with E-state index in [-0.39, 0.29) is 12.6 Å². The second-order valence-electron chi connectivity index (χ2n) is 3.61. The number of aliphatic hydroxyl groups excluding tert-OH is 1. The largest absolute Gasteiger partial charge is 0.394 e. The highest BCUT2D eigenvalue weighted by molar-refractivity contribution is 5.41. The molecule has 1 aromatic heterocycles. The van der Waals surface area contributed by atoms with Gasteiger partial charge in [0.25, 0.3) is 0 Å². The normalized spacial score (nSPS) is 12.6. The maximum Gasteiger partial charge on any atom is 0.160 e. The fourth-order valence-electron chi connectivity index (χ4n) is 1.12. The molecule has 0 saturated carbocycles. The van der Waals surface area contributed by atoms with Gasteiger partial charge in [-0.15, -0.1) is 0 Å². The Morgan fingerprint density at radius 3 is 2.60 bits per heavy atom. The predicted octanol–water partition coefficient (Wildman–Crippen LogP) is 0.191. The molecule has 6 nitrogen and oxygen atoms in total. The molecule has 0 aliphatic rings. The van der Waals surface area contributed by atoms with Crippen molar-refractivity contribution >= 4 is 11.6 Å². The van der Waals surface area contributed by atoms with Crippen molar-refractivity contribution in [1.82, 2.24) is 9.97 Å². The van der Waals surface area contributed by atoms with Crippen molar-refractivity contribution in [3.8, 4) is 0 Å². The van der Waals surface area contributed by atoms with Crippen molar-refractivity contribution in [2.75, 3.05) is 17.3 Å². The lowest BCUT2D eigenvalue weighted by Gasteiger charge is -2.20. The molecule has 0 aliphatic carbocycles. The third-order valence-corrected chi connectivity index (χ3v) is 2.12. The van der Waals surface area contributed by atoms with Crippen LogP contribution in [0.3, 0.4) is 0 Å². The van der Waals surface area contributed by atoms with E-state index in [0.717, 1.165) is 0 Å². The lowest BCUT2D eigenvalue weighted by molar-refractivity contribution is 0.249. The molecule has 1 rings (SSSR count). The van der Waals surface area contributed by atoms with Crippen molar-refractivity contribution in [3.63, 3.8) is 0 Å². The molecule has 5 N–H and O–H groups in total. The van der Waals surface area contributed by atoms with Gasteiger partial charge in [0, 0.05) is 0 Å². The summed E-state index contributed by atoms with van der Waals surface area (Å²) in [6.45, 7) is 4.10. The molecule has 0 amide bonds. The Balaban J connectivity index is 2.70. The summed E-state index contributed by atoms with van der Waals surface area (Å²) in [5, 5.41) is 12.2. The van der Waals surface area contributed by atoms with Crippen molar-refractivity contribution in [2.24, 2.45) is 11.8 Å². The van der Waals surface area contributed by atoms with Crippen molar-refractivity contribution in [2.45, 2.75) is 19.9 Å². The molecule has 0 aromatic carbocycles. The van der Waals surface area contributed by atoms with Crippen LogP contribution in [0.15, 0.2) is 12.4 Å². The molecule has 0 aliphatic heterocycles. The van der Waals surface area contributed by atoms with Crippen LogP contribution in [0.25, 0.3) is 0 Å². The smallest absolute Gasteiger partial charge is 0.160 e. The summed E-state index contributed by atoms with van der Waals surface area (Å²) in [6.07, 6.45) is 3.11. The zero-order chi connectivity index (χ0) is 11.3. The number of hydrogen-bond acceptors (Lipinski definition) is 6. The number of nitrogens with zero attached hydrogens (tertiary/aromatic N) is 2. The highest BCUT2D eigenvalue weighted by Crippen LogP contribution is 2.10. The van der Waals surface area contributed by atoms with Crippen LogP contribution in [0.1, 0.15) is 13.8 Å². The van der Waals surface area contributed by atoms with Crippen LogP contribution in [0.2, 0.25) is 0 Å². The van der Waals surface area contributed by atoms with Crippen LogP contribution in [-0.4, -0.2) is 27.7 Å². The lowest BCUT2D eigenvalue weighted by Crippen LogP contribution is -2.30. The summed E-state index contributed by atoms with van der Waals surface area (Å²) in [7, 11) is 0. The highest BCUT2D eigenvalue weighted by atomic mass is 16.3. The molecule has 6 heteroatoms. The topological polar surface area (TPSA) is 96.1 Å². The minimum absolute atomic E-state index is 0.0349. The van der Waals surface area contributed by atoms with Crippen LogP contribution in [-0.2, 0) is 0 Å². The highest BCUT2D eigenvalue weighted by Gasteiger charge is 2.12. The summed E-state index contributed by atoms with van der Waals surface area (Å²) in [4.78, 5) is 8.09. The summed E-state index contributed by atoms with van der Waals surface area (Å²) >= 11 is 0. The van der Waals surface area contributed by atoms with Crippen LogP contribution in [0, 0.1) is 5.92 Å². The number of hydrogen-bond donors (Lipinski definition) is 4. The average Bonchev–Trinajstić information content (AvgIpc) is 2.25. The zero-order valence-corrected chi connectivity index (χ0v) is 8.94. The Hall–Kier alpha value is -1.40. The number of hydrazine groups is 1. The van der Waals surface area contributed by atoms with Crippen LogP contribution < -0.4 is 16.6 Å². The van der Waals surface area contributed by atoms with E-state index in [1.165, 1.54) is 6.20 Å². The van der Waals surface area contributed by atoms with Gasteiger partial charge in [0.15, 0.2) is 5.82 Å². The molecular weight excluding hydrogens is 194 g/mol. The minimum Gasteiger partial charge on any atom is -0.394 e. The average molecular weight is 211 g/mol. The number of anilines is 2. The van der Waals surface area contributed by atoms with Crippen molar-refractivity contribution in [1.29, 1.82) is 0 Å². The second kappa shape index (κ2) is 5.47. The van der Waals surface area contributed by atoms with E-state index in [4.69, 9.17) is 10.9 Å². The summed E-state index contributed by atoms with van der Waals surface area (Å²) in [5.74, 6) is 6.61. The Kier molecular flexibility index (Phi) is 4.26. The Morgan fingerprint density at radius 1 is 1.40 bits per heavy atom. The van der Waals surface area contributed by atoms with Crippen molar-refractivity contribution < 1.29 is 5.11 Å². The molecule has 84 valence electrons. The SMILES string of the molecule is CC(C)[C@@H](CO)Nc1cncc(NN)n1. The van der Waals surface area contributed by atoms with Crippen LogP contribution in [0.5, 0.6) is 0 Å². The molecule has 0 bridgehead atoms. The van der Waals surface area contributed by atoms with Crippen LogP contribution >= 0.6 is 0 Å². The third kappa shape index (κ3) is 3.34. The van der Waals surface area contributed by atoms with Gasteiger partial charge in [0.2, 0.25) is 0 Å². The monoisotopic (exact) mass is 211 g/mol. The number of nitrogen functional groups attached to an aromatic ring is 1. The van der Waals surface area contributed by atoms with E-state index < -0.39 is 0 Å². The minimum atomic E-state index is -0.0349. The van der Waals surface area contributed by atoms with Gasteiger partial charge in [-0.05, 0) is 5.92 Å².